The van der Waals surface area contributed by atoms with Gasteiger partial charge in [0, 0.05) is 15.7 Å². The van der Waals surface area contributed by atoms with E-state index in [0.29, 0.717) is 6.54 Å². The van der Waals surface area contributed by atoms with Gasteiger partial charge in [-0.25, -0.2) is 0 Å². The molecule has 0 aliphatic rings. The van der Waals surface area contributed by atoms with Crippen molar-refractivity contribution in [3.05, 3.63) is 69.3 Å². The van der Waals surface area contributed by atoms with Crippen LogP contribution in [-0.4, -0.2) is 24.3 Å². The van der Waals surface area contributed by atoms with E-state index in [9.17, 15) is 4.79 Å². The van der Waals surface area contributed by atoms with E-state index in [-0.39, 0.29) is 5.78 Å². The third-order valence-electron chi connectivity index (χ3n) is 2.86. The van der Waals surface area contributed by atoms with Gasteiger partial charge in [0.15, 0.2) is 5.78 Å². The smallest absolute Gasteiger partial charge is 0.176 e. The first kappa shape index (κ1) is 14.2. The van der Waals surface area contributed by atoms with Crippen LogP contribution in [0.25, 0.3) is 0 Å². The SMILES string of the molecule is CN(CC(=O)c1cccc(I)c1)Cc1ccccc1. The first-order chi connectivity index (χ1) is 9.15. The van der Waals surface area contributed by atoms with Crippen LogP contribution in [-0.2, 0) is 6.54 Å². The summed E-state index contributed by atoms with van der Waals surface area (Å²) in [6, 6.07) is 17.9. The van der Waals surface area contributed by atoms with Crippen molar-refractivity contribution >= 4 is 28.4 Å². The fourth-order valence-electron chi connectivity index (χ4n) is 1.95. The van der Waals surface area contributed by atoms with Crippen LogP contribution in [0.5, 0.6) is 0 Å². The number of likely N-dealkylation sites (N-methyl/N-ethyl adjacent to an activating group) is 1. The molecule has 2 nitrogen and oxygen atoms in total. The molecule has 0 aliphatic carbocycles. The van der Waals surface area contributed by atoms with Crippen LogP contribution < -0.4 is 0 Å². The van der Waals surface area contributed by atoms with Crippen molar-refractivity contribution < 1.29 is 4.79 Å². The Morgan fingerprint density at radius 3 is 2.53 bits per heavy atom. The molecule has 19 heavy (non-hydrogen) atoms. The highest BCUT2D eigenvalue weighted by Gasteiger charge is 2.09. The van der Waals surface area contributed by atoms with E-state index in [1.807, 2.05) is 54.4 Å². The molecule has 0 saturated heterocycles. The first-order valence-corrected chi connectivity index (χ1v) is 7.24. The Bertz CT molecular complexity index is 554. The molecular formula is C16H16INO. The van der Waals surface area contributed by atoms with Crippen molar-refractivity contribution in [1.29, 1.82) is 0 Å². The minimum Gasteiger partial charge on any atom is -0.295 e. The van der Waals surface area contributed by atoms with E-state index in [0.717, 1.165) is 15.7 Å². The fourth-order valence-corrected chi connectivity index (χ4v) is 2.49. The second-order valence-electron chi connectivity index (χ2n) is 4.59. The highest BCUT2D eigenvalue weighted by molar-refractivity contribution is 14.1. The first-order valence-electron chi connectivity index (χ1n) is 6.16. The zero-order chi connectivity index (χ0) is 13.7. The third-order valence-corrected chi connectivity index (χ3v) is 3.53. The van der Waals surface area contributed by atoms with Gasteiger partial charge in [-0.05, 0) is 47.3 Å². The molecule has 0 radical (unpaired) electrons. The average molecular weight is 365 g/mol. The van der Waals surface area contributed by atoms with Crippen molar-refractivity contribution in [3.8, 4) is 0 Å². The monoisotopic (exact) mass is 365 g/mol. The van der Waals surface area contributed by atoms with Crippen molar-refractivity contribution in [2.24, 2.45) is 0 Å². The summed E-state index contributed by atoms with van der Waals surface area (Å²) in [4.78, 5) is 14.2. The van der Waals surface area contributed by atoms with Crippen molar-refractivity contribution in [1.82, 2.24) is 4.90 Å². The summed E-state index contributed by atoms with van der Waals surface area (Å²) in [5, 5.41) is 0. The Hall–Kier alpha value is -1.20. The lowest BCUT2D eigenvalue weighted by Gasteiger charge is -2.15. The number of hydrogen-bond donors (Lipinski definition) is 0. The molecule has 0 spiro atoms. The number of carbonyl (C=O) groups excluding carboxylic acids is 1. The van der Waals surface area contributed by atoms with Crippen LogP contribution >= 0.6 is 22.6 Å². The number of Topliss-reactive ketones (excluding diaryl/α,β-unsaturated/α-hetero) is 1. The number of carbonyl (C=O) groups is 1. The lowest BCUT2D eigenvalue weighted by molar-refractivity contribution is 0.0943. The molecule has 0 amide bonds. The lowest BCUT2D eigenvalue weighted by Crippen LogP contribution is -2.25. The number of nitrogens with zero attached hydrogens (tertiary/aromatic N) is 1. The Morgan fingerprint density at radius 2 is 1.84 bits per heavy atom. The Balaban J connectivity index is 1.95. The number of hydrogen-bond acceptors (Lipinski definition) is 2. The molecule has 0 N–H and O–H groups in total. The molecule has 0 heterocycles. The molecule has 0 bridgehead atoms. The van der Waals surface area contributed by atoms with E-state index in [2.05, 4.69) is 34.7 Å². The van der Waals surface area contributed by atoms with Gasteiger partial charge in [-0.2, -0.15) is 0 Å². The zero-order valence-electron chi connectivity index (χ0n) is 10.8. The predicted octanol–water partition coefficient (Wildman–Crippen LogP) is 3.61. The van der Waals surface area contributed by atoms with Crippen LogP contribution in [0.2, 0.25) is 0 Å². The fraction of sp³-hybridized carbons (Fsp3) is 0.188. The highest BCUT2D eigenvalue weighted by atomic mass is 127. The van der Waals surface area contributed by atoms with Crippen LogP contribution in [0.4, 0.5) is 0 Å². The minimum absolute atomic E-state index is 0.164. The standard InChI is InChI=1S/C16H16INO/c1-18(11-13-6-3-2-4-7-13)12-16(19)14-8-5-9-15(17)10-14/h2-10H,11-12H2,1H3. The quantitative estimate of drug-likeness (QED) is 0.596. The van der Waals surface area contributed by atoms with Gasteiger partial charge in [-0.1, -0.05) is 42.5 Å². The topological polar surface area (TPSA) is 20.3 Å². The highest BCUT2D eigenvalue weighted by Crippen LogP contribution is 2.10. The van der Waals surface area contributed by atoms with Crippen LogP contribution in [0.1, 0.15) is 15.9 Å². The maximum atomic E-state index is 12.2. The maximum Gasteiger partial charge on any atom is 0.176 e. The summed E-state index contributed by atoms with van der Waals surface area (Å²) in [5.74, 6) is 0.164. The molecule has 2 aromatic rings. The molecular weight excluding hydrogens is 349 g/mol. The molecule has 0 unspecified atom stereocenters. The molecule has 0 saturated carbocycles. The molecule has 0 atom stereocenters. The molecule has 2 rings (SSSR count). The van der Waals surface area contributed by atoms with Crippen LogP contribution in [0.3, 0.4) is 0 Å². The number of benzene rings is 2. The summed E-state index contributed by atoms with van der Waals surface area (Å²) in [5.41, 5.74) is 2.01. The Morgan fingerprint density at radius 1 is 1.11 bits per heavy atom. The summed E-state index contributed by atoms with van der Waals surface area (Å²) >= 11 is 2.23. The van der Waals surface area contributed by atoms with Gasteiger partial charge in [0.05, 0.1) is 6.54 Å². The van der Waals surface area contributed by atoms with E-state index in [1.165, 1.54) is 5.56 Å². The van der Waals surface area contributed by atoms with Gasteiger partial charge in [0.1, 0.15) is 0 Å². The molecule has 0 fully saturated rings. The van der Waals surface area contributed by atoms with Gasteiger partial charge in [-0.3, -0.25) is 9.69 Å². The van der Waals surface area contributed by atoms with Gasteiger partial charge < -0.3 is 0 Å². The van der Waals surface area contributed by atoms with Gasteiger partial charge in [-0.15, -0.1) is 0 Å². The number of rotatable bonds is 5. The summed E-state index contributed by atoms with van der Waals surface area (Å²) in [7, 11) is 1.97. The van der Waals surface area contributed by atoms with Gasteiger partial charge in [0.2, 0.25) is 0 Å². The average Bonchev–Trinajstić information content (AvgIpc) is 2.39. The molecule has 0 aromatic heterocycles. The zero-order valence-corrected chi connectivity index (χ0v) is 13.0. The van der Waals surface area contributed by atoms with E-state index < -0.39 is 0 Å². The Kier molecular flexibility index (Phi) is 5.10. The Labute approximate surface area is 127 Å². The van der Waals surface area contributed by atoms with Crippen molar-refractivity contribution in [3.63, 3.8) is 0 Å². The second kappa shape index (κ2) is 6.82. The molecule has 98 valence electrons. The van der Waals surface area contributed by atoms with Gasteiger partial charge in [0.25, 0.3) is 0 Å². The minimum atomic E-state index is 0.164. The van der Waals surface area contributed by atoms with Crippen LogP contribution in [0, 0.1) is 3.57 Å². The predicted molar refractivity (Wildman–Crippen MR) is 86.3 cm³/mol. The van der Waals surface area contributed by atoms with Crippen molar-refractivity contribution in [2.75, 3.05) is 13.6 Å². The van der Waals surface area contributed by atoms with Crippen molar-refractivity contribution in [2.45, 2.75) is 6.54 Å². The number of ketones is 1. The molecule has 0 aliphatic heterocycles. The summed E-state index contributed by atoms with van der Waals surface area (Å²) in [6.45, 7) is 1.23. The number of halogens is 1. The van der Waals surface area contributed by atoms with E-state index in [1.54, 1.807) is 0 Å². The maximum absolute atomic E-state index is 12.2. The van der Waals surface area contributed by atoms with E-state index in [4.69, 9.17) is 0 Å². The third kappa shape index (κ3) is 4.44. The summed E-state index contributed by atoms with van der Waals surface area (Å²) < 4.78 is 1.09. The second-order valence-corrected chi connectivity index (χ2v) is 5.84. The van der Waals surface area contributed by atoms with E-state index >= 15 is 0 Å². The molecule has 3 heteroatoms. The summed E-state index contributed by atoms with van der Waals surface area (Å²) in [6.07, 6.45) is 0. The molecule has 2 aromatic carbocycles. The normalized spacial score (nSPS) is 10.7. The van der Waals surface area contributed by atoms with Crippen LogP contribution in [0.15, 0.2) is 54.6 Å². The largest absolute Gasteiger partial charge is 0.295 e. The van der Waals surface area contributed by atoms with Gasteiger partial charge >= 0.3 is 0 Å². The lowest BCUT2D eigenvalue weighted by atomic mass is 10.1.